The zero-order valence-electron chi connectivity index (χ0n) is 13.0. The molecule has 0 aliphatic carbocycles. The number of anilines is 1. The summed E-state index contributed by atoms with van der Waals surface area (Å²) >= 11 is 0. The van der Waals surface area contributed by atoms with Crippen molar-refractivity contribution in [3.63, 3.8) is 0 Å². The van der Waals surface area contributed by atoms with E-state index in [1.54, 1.807) is 0 Å². The van der Waals surface area contributed by atoms with Gasteiger partial charge in [-0.3, -0.25) is 0 Å². The highest BCUT2D eigenvalue weighted by Gasteiger charge is 2.24. The Morgan fingerprint density at radius 1 is 1.14 bits per heavy atom. The highest BCUT2D eigenvalue weighted by molar-refractivity contribution is 5.64. The Balaban J connectivity index is 1.62. The second-order valence-corrected chi connectivity index (χ2v) is 6.52. The second-order valence-electron chi connectivity index (χ2n) is 6.52. The molecule has 0 bridgehead atoms. The SMILES string of the molecule is Cc1cccc(C#N)c1N1CCC(CN2CCCC2)CC1. The van der Waals surface area contributed by atoms with Gasteiger partial charge in [-0.25, -0.2) is 0 Å². The molecule has 2 aliphatic heterocycles. The molecule has 0 radical (unpaired) electrons. The quantitative estimate of drug-likeness (QED) is 0.853. The van der Waals surface area contributed by atoms with E-state index in [1.165, 1.54) is 56.6 Å². The van der Waals surface area contributed by atoms with Gasteiger partial charge >= 0.3 is 0 Å². The number of aryl methyl sites for hydroxylation is 1. The number of para-hydroxylation sites is 1. The lowest BCUT2D eigenvalue weighted by atomic mass is 9.94. The number of hydrogen-bond donors (Lipinski definition) is 0. The number of rotatable bonds is 3. The van der Waals surface area contributed by atoms with Gasteiger partial charge in [-0.2, -0.15) is 5.26 Å². The molecule has 2 aliphatic rings. The van der Waals surface area contributed by atoms with Gasteiger partial charge < -0.3 is 9.80 Å². The third-order valence-electron chi connectivity index (χ3n) is 5.00. The van der Waals surface area contributed by atoms with E-state index < -0.39 is 0 Å². The molecule has 2 heterocycles. The predicted molar refractivity (Wildman–Crippen MR) is 86.5 cm³/mol. The standard InChI is InChI=1S/C18H25N3/c1-15-5-4-6-17(13-19)18(15)21-11-7-16(8-12-21)14-20-9-2-3-10-20/h4-6,16H,2-3,7-12,14H2,1H3. The lowest BCUT2D eigenvalue weighted by Crippen LogP contribution is -2.38. The Bertz CT molecular complexity index is 518. The van der Waals surface area contributed by atoms with Crippen molar-refractivity contribution in [3.8, 4) is 6.07 Å². The monoisotopic (exact) mass is 283 g/mol. The van der Waals surface area contributed by atoms with Gasteiger partial charge in [0.25, 0.3) is 0 Å². The molecule has 112 valence electrons. The first-order valence-corrected chi connectivity index (χ1v) is 8.25. The number of likely N-dealkylation sites (tertiary alicyclic amines) is 1. The van der Waals surface area contributed by atoms with Crippen molar-refractivity contribution in [2.75, 3.05) is 37.6 Å². The summed E-state index contributed by atoms with van der Waals surface area (Å²) in [5, 5.41) is 9.33. The molecule has 0 amide bonds. The van der Waals surface area contributed by atoms with Crippen LogP contribution in [0.5, 0.6) is 0 Å². The van der Waals surface area contributed by atoms with E-state index in [0.717, 1.165) is 24.6 Å². The van der Waals surface area contributed by atoms with Crippen LogP contribution in [0.4, 0.5) is 5.69 Å². The van der Waals surface area contributed by atoms with E-state index in [0.29, 0.717) is 0 Å². The number of benzene rings is 1. The van der Waals surface area contributed by atoms with Crippen LogP contribution in [-0.4, -0.2) is 37.6 Å². The smallest absolute Gasteiger partial charge is 0.101 e. The fourth-order valence-electron chi connectivity index (χ4n) is 3.84. The Morgan fingerprint density at radius 3 is 2.52 bits per heavy atom. The fraction of sp³-hybridized carbons (Fsp3) is 0.611. The van der Waals surface area contributed by atoms with Crippen LogP contribution in [0.15, 0.2) is 18.2 Å². The molecular weight excluding hydrogens is 258 g/mol. The van der Waals surface area contributed by atoms with Gasteiger partial charge in [-0.1, -0.05) is 12.1 Å². The van der Waals surface area contributed by atoms with Crippen LogP contribution in [-0.2, 0) is 0 Å². The number of nitrogens with zero attached hydrogens (tertiary/aromatic N) is 3. The number of piperidine rings is 1. The molecule has 1 aromatic rings. The third kappa shape index (κ3) is 3.22. The maximum Gasteiger partial charge on any atom is 0.101 e. The molecule has 3 heteroatoms. The molecule has 2 saturated heterocycles. The van der Waals surface area contributed by atoms with Gasteiger partial charge in [0, 0.05) is 19.6 Å². The third-order valence-corrected chi connectivity index (χ3v) is 5.00. The molecule has 0 spiro atoms. The average molecular weight is 283 g/mol. The van der Waals surface area contributed by atoms with Gasteiger partial charge in [0.1, 0.15) is 6.07 Å². The Hall–Kier alpha value is -1.53. The predicted octanol–water partition coefficient (Wildman–Crippen LogP) is 3.18. The molecule has 2 fully saturated rings. The lowest BCUT2D eigenvalue weighted by molar-refractivity contribution is 0.249. The molecule has 0 saturated carbocycles. The minimum atomic E-state index is 0.827. The minimum Gasteiger partial charge on any atom is -0.370 e. The van der Waals surface area contributed by atoms with Crippen molar-refractivity contribution in [2.45, 2.75) is 32.6 Å². The first kappa shape index (κ1) is 14.4. The molecule has 0 unspecified atom stereocenters. The summed E-state index contributed by atoms with van der Waals surface area (Å²) in [4.78, 5) is 5.06. The summed E-state index contributed by atoms with van der Waals surface area (Å²) in [5.41, 5.74) is 3.22. The van der Waals surface area contributed by atoms with Gasteiger partial charge in [0.15, 0.2) is 0 Å². The van der Waals surface area contributed by atoms with Crippen molar-refractivity contribution in [3.05, 3.63) is 29.3 Å². The number of hydrogen-bond acceptors (Lipinski definition) is 3. The summed E-state index contributed by atoms with van der Waals surface area (Å²) < 4.78 is 0. The van der Waals surface area contributed by atoms with Gasteiger partial charge in [-0.05, 0) is 63.2 Å². The molecule has 0 atom stereocenters. The van der Waals surface area contributed by atoms with Gasteiger partial charge in [-0.15, -0.1) is 0 Å². The van der Waals surface area contributed by atoms with Crippen LogP contribution in [0.2, 0.25) is 0 Å². The zero-order chi connectivity index (χ0) is 14.7. The van der Waals surface area contributed by atoms with Crippen LogP contribution in [0, 0.1) is 24.2 Å². The van der Waals surface area contributed by atoms with Crippen LogP contribution < -0.4 is 4.90 Å². The Morgan fingerprint density at radius 2 is 1.86 bits per heavy atom. The zero-order valence-corrected chi connectivity index (χ0v) is 13.0. The van der Waals surface area contributed by atoms with Crippen LogP contribution in [0.25, 0.3) is 0 Å². The molecular formula is C18H25N3. The maximum atomic E-state index is 9.33. The largest absolute Gasteiger partial charge is 0.370 e. The van der Waals surface area contributed by atoms with E-state index >= 15 is 0 Å². The summed E-state index contributed by atoms with van der Waals surface area (Å²) in [6, 6.07) is 8.40. The first-order chi connectivity index (χ1) is 10.3. The van der Waals surface area contributed by atoms with Crippen LogP contribution >= 0.6 is 0 Å². The molecule has 0 aromatic heterocycles. The highest BCUT2D eigenvalue weighted by Crippen LogP contribution is 2.29. The summed E-state index contributed by atoms with van der Waals surface area (Å²) in [5.74, 6) is 0.842. The van der Waals surface area contributed by atoms with Crippen molar-refractivity contribution in [1.82, 2.24) is 4.90 Å². The van der Waals surface area contributed by atoms with E-state index in [-0.39, 0.29) is 0 Å². The topological polar surface area (TPSA) is 30.3 Å². The van der Waals surface area contributed by atoms with Crippen LogP contribution in [0.3, 0.4) is 0 Å². The first-order valence-electron chi connectivity index (χ1n) is 8.25. The van der Waals surface area contributed by atoms with Crippen molar-refractivity contribution >= 4 is 5.69 Å². The molecule has 0 N–H and O–H groups in total. The van der Waals surface area contributed by atoms with Crippen molar-refractivity contribution in [1.29, 1.82) is 5.26 Å². The summed E-state index contributed by atoms with van der Waals surface area (Å²) in [7, 11) is 0. The summed E-state index contributed by atoms with van der Waals surface area (Å²) in [6.07, 6.45) is 5.28. The molecule has 3 rings (SSSR count). The van der Waals surface area contributed by atoms with E-state index in [9.17, 15) is 5.26 Å². The average Bonchev–Trinajstić information content (AvgIpc) is 3.01. The molecule has 21 heavy (non-hydrogen) atoms. The second kappa shape index (κ2) is 6.49. The normalized spacial score (nSPS) is 20.7. The highest BCUT2D eigenvalue weighted by atomic mass is 15.2. The number of nitriles is 1. The van der Waals surface area contributed by atoms with E-state index in [2.05, 4.69) is 28.9 Å². The minimum absolute atomic E-state index is 0.827. The van der Waals surface area contributed by atoms with Gasteiger partial charge in [0.05, 0.1) is 11.3 Å². The maximum absolute atomic E-state index is 9.33. The van der Waals surface area contributed by atoms with E-state index in [4.69, 9.17) is 0 Å². The summed E-state index contributed by atoms with van der Waals surface area (Å²) in [6.45, 7) is 8.20. The Kier molecular flexibility index (Phi) is 4.45. The van der Waals surface area contributed by atoms with Crippen molar-refractivity contribution in [2.24, 2.45) is 5.92 Å². The molecule has 3 nitrogen and oxygen atoms in total. The van der Waals surface area contributed by atoms with Gasteiger partial charge in [0.2, 0.25) is 0 Å². The molecule has 1 aromatic carbocycles. The van der Waals surface area contributed by atoms with Crippen LogP contribution in [0.1, 0.15) is 36.8 Å². The van der Waals surface area contributed by atoms with Crippen molar-refractivity contribution < 1.29 is 0 Å². The van der Waals surface area contributed by atoms with E-state index in [1.807, 2.05) is 12.1 Å². The lowest BCUT2D eigenvalue weighted by Gasteiger charge is -2.36. The fourth-order valence-corrected chi connectivity index (χ4v) is 3.84. The Labute approximate surface area is 128 Å².